The molecule has 0 spiro atoms. The first-order chi connectivity index (χ1) is 13.2. The third-order valence-electron chi connectivity index (χ3n) is 4.00. The molecule has 1 N–H and O–H groups in total. The Morgan fingerprint density at radius 2 is 1.81 bits per heavy atom. The number of carbonyl (C=O) groups excluding carboxylic acids is 1. The summed E-state index contributed by atoms with van der Waals surface area (Å²) in [7, 11) is 0. The Kier molecular flexibility index (Phi) is 4.40. The quantitative estimate of drug-likeness (QED) is 0.564. The Hall–Kier alpha value is -3.87. The minimum Gasteiger partial charge on any atom is -0.273 e. The van der Waals surface area contributed by atoms with E-state index in [1.807, 2.05) is 60.7 Å². The van der Waals surface area contributed by atoms with Gasteiger partial charge >= 0.3 is 0 Å². The first-order valence-corrected chi connectivity index (χ1v) is 8.38. The average Bonchev–Trinajstić information content (AvgIpc) is 2.72. The zero-order valence-electron chi connectivity index (χ0n) is 14.6. The SMILES string of the molecule is CC(=O)N(Nc1ncc(-c2ccccc2)nn1)c1ccc2ncccc2c1. The van der Waals surface area contributed by atoms with Gasteiger partial charge in [0, 0.05) is 24.1 Å². The Bertz CT molecular complexity index is 1080. The van der Waals surface area contributed by atoms with Crippen molar-refractivity contribution in [3.8, 4) is 11.3 Å². The molecule has 0 atom stereocenters. The van der Waals surface area contributed by atoms with Crippen LogP contribution in [0.4, 0.5) is 11.6 Å². The molecule has 4 aromatic rings. The van der Waals surface area contributed by atoms with E-state index in [-0.39, 0.29) is 11.9 Å². The summed E-state index contributed by atoms with van der Waals surface area (Å²) in [5.74, 6) is 0.0325. The van der Waals surface area contributed by atoms with Crippen molar-refractivity contribution in [3.05, 3.63) is 73.1 Å². The number of benzene rings is 2. The van der Waals surface area contributed by atoms with Gasteiger partial charge in [-0.25, -0.2) is 9.99 Å². The van der Waals surface area contributed by atoms with Gasteiger partial charge in [0.1, 0.15) is 5.69 Å². The van der Waals surface area contributed by atoms with Gasteiger partial charge in [-0.05, 0) is 24.3 Å². The van der Waals surface area contributed by atoms with E-state index in [4.69, 9.17) is 0 Å². The van der Waals surface area contributed by atoms with Crippen LogP contribution >= 0.6 is 0 Å². The number of amides is 1. The fraction of sp³-hybridized carbons (Fsp3) is 0.0500. The number of aromatic nitrogens is 4. The summed E-state index contributed by atoms with van der Waals surface area (Å²) in [5, 5.41) is 10.6. The topological polar surface area (TPSA) is 83.9 Å². The highest BCUT2D eigenvalue weighted by Gasteiger charge is 2.14. The van der Waals surface area contributed by atoms with Crippen molar-refractivity contribution in [2.45, 2.75) is 6.92 Å². The summed E-state index contributed by atoms with van der Waals surface area (Å²) in [6.07, 6.45) is 3.35. The molecule has 0 saturated carbocycles. The summed E-state index contributed by atoms with van der Waals surface area (Å²) in [4.78, 5) is 20.7. The van der Waals surface area contributed by atoms with Crippen LogP contribution < -0.4 is 10.4 Å². The van der Waals surface area contributed by atoms with Crippen LogP contribution in [0.5, 0.6) is 0 Å². The molecule has 2 aromatic carbocycles. The molecule has 7 heteroatoms. The summed E-state index contributed by atoms with van der Waals surface area (Å²) in [6, 6.07) is 19.0. The highest BCUT2D eigenvalue weighted by Crippen LogP contribution is 2.21. The smallest absolute Gasteiger partial charge is 0.261 e. The molecular weight excluding hydrogens is 340 g/mol. The number of fused-ring (bicyclic) bond motifs is 1. The fourth-order valence-electron chi connectivity index (χ4n) is 2.69. The lowest BCUT2D eigenvalue weighted by atomic mass is 10.2. The molecule has 0 fully saturated rings. The molecule has 0 saturated heterocycles. The summed E-state index contributed by atoms with van der Waals surface area (Å²) in [6.45, 7) is 1.46. The Labute approximate surface area is 155 Å². The molecule has 4 rings (SSSR count). The fourth-order valence-corrected chi connectivity index (χ4v) is 2.69. The van der Waals surface area contributed by atoms with Crippen LogP contribution in [0.3, 0.4) is 0 Å². The van der Waals surface area contributed by atoms with E-state index >= 15 is 0 Å². The van der Waals surface area contributed by atoms with E-state index in [9.17, 15) is 4.79 Å². The molecule has 0 bridgehead atoms. The third kappa shape index (κ3) is 3.57. The van der Waals surface area contributed by atoms with Crippen molar-refractivity contribution in [1.29, 1.82) is 0 Å². The molecule has 2 heterocycles. The standard InChI is InChI=1S/C20H16N6O/c1-14(27)26(17-9-10-18-16(12-17)8-5-11-21-18)25-20-22-13-19(23-24-20)15-6-3-2-4-7-15/h2-13H,1H3,(H,22,24,25). The van der Waals surface area contributed by atoms with Crippen molar-refractivity contribution >= 4 is 28.4 Å². The number of nitrogens with one attached hydrogen (secondary N) is 1. The summed E-state index contributed by atoms with van der Waals surface area (Å²) < 4.78 is 0. The highest BCUT2D eigenvalue weighted by atomic mass is 16.2. The third-order valence-corrected chi connectivity index (χ3v) is 4.00. The van der Waals surface area contributed by atoms with Crippen molar-refractivity contribution < 1.29 is 4.79 Å². The van der Waals surface area contributed by atoms with Crippen LogP contribution in [-0.4, -0.2) is 26.1 Å². The second kappa shape index (κ2) is 7.17. The van der Waals surface area contributed by atoms with Gasteiger partial charge in [-0.3, -0.25) is 15.2 Å². The maximum atomic E-state index is 12.1. The average molecular weight is 356 g/mol. The van der Waals surface area contributed by atoms with Crippen LogP contribution in [-0.2, 0) is 4.79 Å². The van der Waals surface area contributed by atoms with Crippen molar-refractivity contribution in [3.63, 3.8) is 0 Å². The maximum absolute atomic E-state index is 12.1. The van der Waals surface area contributed by atoms with Crippen LogP contribution in [0.1, 0.15) is 6.92 Å². The zero-order valence-corrected chi connectivity index (χ0v) is 14.6. The molecule has 7 nitrogen and oxygen atoms in total. The van der Waals surface area contributed by atoms with Crippen LogP contribution in [0.15, 0.2) is 73.1 Å². The zero-order chi connectivity index (χ0) is 18.6. The number of carbonyl (C=O) groups is 1. The largest absolute Gasteiger partial charge is 0.273 e. The van der Waals surface area contributed by atoms with Gasteiger partial charge in [0.25, 0.3) is 5.95 Å². The molecule has 1 amide bonds. The number of anilines is 2. The molecule has 0 radical (unpaired) electrons. The summed E-state index contributed by atoms with van der Waals surface area (Å²) >= 11 is 0. The van der Waals surface area contributed by atoms with E-state index in [1.165, 1.54) is 11.9 Å². The number of rotatable bonds is 4. The van der Waals surface area contributed by atoms with Gasteiger partial charge in [-0.1, -0.05) is 36.4 Å². The minimum atomic E-state index is -0.200. The van der Waals surface area contributed by atoms with Gasteiger partial charge in [-0.2, -0.15) is 0 Å². The normalized spacial score (nSPS) is 10.6. The minimum absolute atomic E-state index is 0.200. The van der Waals surface area contributed by atoms with Crippen LogP contribution in [0, 0.1) is 0 Å². The van der Waals surface area contributed by atoms with Gasteiger partial charge < -0.3 is 0 Å². The Morgan fingerprint density at radius 1 is 0.963 bits per heavy atom. The molecule has 27 heavy (non-hydrogen) atoms. The predicted octanol–water partition coefficient (Wildman–Crippen LogP) is 3.47. The molecule has 0 unspecified atom stereocenters. The second-order valence-electron chi connectivity index (χ2n) is 5.88. The van der Waals surface area contributed by atoms with Gasteiger partial charge in [0.2, 0.25) is 5.91 Å². The number of hydrazine groups is 1. The van der Waals surface area contributed by atoms with Crippen LogP contribution in [0.25, 0.3) is 22.2 Å². The molecule has 0 aliphatic rings. The molecule has 132 valence electrons. The van der Waals surface area contributed by atoms with Gasteiger partial charge in [0.15, 0.2) is 0 Å². The van der Waals surface area contributed by atoms with Crippen molar-refractivity contribution in [2.75, 3.05) is 10.4 Å². The highest BCUT2D eigenvalue weighted by molar-refractivity contribution is 5.95. The lowest BCUT2D eigenvalue weighted by Crippen LogP contribution is -2.35. The van der Waals surface area contributed by atoms with E-state index in [2.05, 4.69) is 25.6 Å². The monoisotopic (exact) mass is 356 g/mol. The molecular formula is C20H16N6O. The number of hydrogen-bond donors (Lipinski definition) is 1. The number of nitrogens with zero attached hydrogens (tertiary/aromatic N) is 5. The maximum Gasteiger partial charge on any atom is 0.261 e. The Morgan fingerprint density at radius 3 is 2.56 bits per heavy atom. The van der Waals surface area contributed by atoms with Crippen molar-refractivity contribution in [1.82, 2.24) is 20.2 Å². The Balaban J connectivity index is 1.60. The first-order valence-electron chi connectivity index (χ1n) is 8.38. The number of hydrogen-bond acceptors (Lipinski definition) is 6. The lowest BCUT2D eigenvalue weighted by molar-refractivity contribution is -0.116. The summed E-state index contributed by atoms with van der Waals surface area (Å²) in [5.41, 5.74) is 6.02. The van der Waals surface area contributed by atoms with E-state index in [0.29, 0.717) is 11.4 Å². The molecule has 0 aliphatic heterocycles. The van der Waals surface area contributed by atoms with E-state index < -0.39 is 0 Å². The van der Waals surface area contributed by atoms with E-state index in [1.54, 1.807) is 12.4 Å². The lowest BCUT2D eigenvalue weighted by Gasteiger charge is -2.21. The molecule has 2 aromatic heterocycles. The van der Waals surface area contributed by atoms with Crippen LogP contribution in [0.2, 0.25) is 0 Å². The van der Waals surface area contributed by atoms with Gasteiger partial charge in [-0.15, -0.1) is 10.2 Å². The van der Waals surface area contributed by atoms with Gasteiger partial charge in [0.05, 0.1) is 17.4 Å². The van der Waals surface area contributed by atoms with Crippen molar-refractivity contribution in [2.24, 2.45) is 0 Å². The first kappa shape index (κ1) is 16.6. The second-order valence-corrected chi connectivity index (χ2v) is 5.88. The number of pyridine rings is 1. The predicted molar refractivity (Wildman–Crippen MR) is 104 cm³/mol. The molecule has 0 aliphatic carbocycles. The van der Waals surface area contributed by atoms with E-state index in [0.717, 1.165) is 16.5 Å².